The molecule has 0 radical (unpaired) electrons. The number of aromatic nitrogens is 2. The van der Waals surface area contributed by atoms with Crippen molar-refractivity contribution in [3.05, 3.63) is 29.3 Å². The summed E-state index contributed by atoms with van der Waals surface area (Å²) < 4.78 is 5.60. The number of hydrogen-bond acceptors (Lipinski definition) is 6. The highest BCUT2D eigenvalue weighted by atomic mass is 32.1. The Morgan fingerprint density at radius 2 is 2.22 bits per heavy atom. The van der Waals surface area contributed by atoms with E-state index in [2.05, 4.69) is 10.2 Å². The molecule has 1 atom stereocenters. The van der Waals surface area contributed by atoms with Gasteiger partial charge in [-0.15, -0.1) is 11.3 Å². The van der Waals surface area contributed by atoms with E-state index in [0.29, 0.717) is 31.5 Å². The monoisotopic (exact) mass is 388 g/mol. The summed E-state index contributed by atoms with van der Waals surface area (Å²) in [6.45, 7) is 1.88. The maximum atomic E-state index is 13.0. The molecule has 8 heteroatoms. The van der Waals surface area contributed by atoms with Crippen molar-refractivity contribution >= 4 is 23.2 Å². The predicted molar refractivity (Wildman–Crippen MR) is 103 cm³/mol. The quantitative estimate of drug-likeness (QED) is 0.813. The molecule has 7 nitrogen and oxygen atoms in total. The van der Waals surface area contributed by atoms with E-state index in [-0.39, 0.29) is 18.0 Å². The molecule has 0 aromatic carbocycles. The number of H-pyrrole nitrogens is 1. The Labute approximate surface area is 162 Å². The van der Waals surface area contributed by atoms with Gasteiger partial charge in [0.05, 0.1) is 27.7 Å². The molecule has 2 aromatic heterocycles. The van der Waals surface area contributed by atoms with Crippen molar-refractivity contribution in [1.29, 1.82) is 0 Å². The Bertz CT molecular complexity index is 822. The third-order valence-electron chi connectivity index (χ3n) is 5.54. The second-order valence-electron chi connectivity index (χ2n) is 7.70. The Morgan fingerprint density at radius 3 is 2.89 bits per heavy atom. The summed E-state index contributed by atoms with van der Waals surface area (Å²) >= 11 is 1.57. The maximum absolute atomic E-state index is 13.0. The minimum Gasteiger partial charge on any atom is -0.461 e. The molecule has 2 aliphatic heterocycles. The normalized spacial score (nSPS) is 21.8. The van der Waals surface area contributed by atoms with E-state index in [0.717, 1.165) is 23.5 Å². The number of piperidine rings is 1. The third kappa shape index (κ3) is 3.39. The number of rotatable bonds is 4. The maximum Gasteiger partial charge on any atom is 0.312 e. The van der Waals surface area contributed by atoms with E-state index in [1.807, 2.05) is 41.4 Å². The number of carbonyl (C=O) groups is 2. The molecule has 4 rings (SSSR count). The van der Waals surface area contributed by atoms with Crippen LogP contribution in [-0.2, 0) is 9.53 Å². The molecule has 2 aromatic rings. The topological polar surface area (TPSA) is 78.5 Å². The first-order valence-corrected chi connectivity index (χ1v) is 10.1. The zero-order valence-corrected chi connectivity index (χ0v) is 16.4. The fraction of sp³-hybridized carbons (Fsp3) is 0.526. The van der Waals surface area contributed by atoms with E-state index in [9.17, 15) is 9.59 Å². The van der Waals surface area contributed by atoms with Gasteiger partial charge in [-0.3, -0.25) is 14.7 Å². The van der Waals surface area contributed by atoms with Gasteiger partial charge in [-0.2, -0.15) is 5.10 Å². The molecule has 1 amide bonds. The van der Waals surface area contributed by atoms with Crippen molar-refractivity contribution in [3.63, 3.8) is 0 Å². The number of nitrogens with zero attached hydrogens (tertiary/aromatic N) is 3. The van der Waals surface area contributed by atoms with E-state index < -0.39 is 5.41 Å². The van der Waals surface area contributed by atoms with Crippen LogP contribution in [0.15, 0.2) is 23.7 Å². The molecular formula is C19H24N4O3S. The van der Waals surface area contributed by atoms with Gasteiger partial charge in [0.1, 0.15) is 6.10 Å². The molecule has 2 fully saturated rings. The zero-order valence-electron chi connectivity index (χ0n) is 15.6. The number of ether oxygens (including phenoxy) is 1. The second-order valence-corrected chi connectivity index (χ2v) is 8.65. The highest BCUT2D eigenvalue weighted by Crippen LogP contribution is 2.43. The van der Waals surface area contributed by atoms with Crippen LogP contribution in [0.2, 0.25) is 0 Å². The average molecular weight is 388 g/mol. The van der Waals surface area contributed by atoms with Crippen LogP contribution in [0.3, 0.4) is 0 Å². The average Bonchev–Trinajstić information content (AvgIpc) is 3.36. The summed E-state index contributed by atoms with van der Waals surface area (Å²) in [7, 11) is 3.96. The van der Waals surface area contributed by atoms with E-state index in [1.165, 1.54) is 0 Å². The van der Waals surface area contributed by atoms with Gasteiger partial charge in [0, 0.05) is 26.1 Å². The summed E-state index contributed by atoms with van der Waals surface area (Å²) in [6.07, 6.45) is 3.62. The molecule has 2 saturated heterocycles. The summed E-state index contributed by atoms with van der Waals surface area (Å²) in [6, 6.07) is 3.93. The van der Waals surface area contributed by atoms with E-state index >= 15 is 0 Å². The van der Waals surface area contributed by atoms with Gasteiger partial charge in [0.25, 0.3) is 5.91 Å². The van der Waals surface area contributed by atoms with Crippen molar-refractivity contribution in [2.45, 2.75) is 25.4 Å². The third-order valence-corrected chi connectivity index (χ3v) is 6.43. The van der Waals surface area contributed by atoms with E-state index in [4.69, 9.17) is 4.74 Å². The summed E-state index contributed by atoms with van der Waals surface area (Å²) in [4.78, 5) is 30.4. The number of aromatic amines is 1. The number of thiophene rings is 1. The van der Waals surface area contributed by atoms with Gasteiger partial charge < -0.3 is 14.5 Å². The molecule has 1 spiro atoms. The number of likely N-dealkylation sites (N-methyl/N-ethyl adjacent to an activating group) is 1. The first-order chi connectivity index (χ1) is 13.0. The molecule has 0 saturated carbocycles. The Morgan fingerprint density at radius 1 is 1.44 bits per heavy atom. The number of carbonyl (C=O) groups excluding carboxylic acids is 2. The number of likely N-dealkylation sites (tertiary alicyclic amines) is 1. The van der Waals surface area contributed by atoms with Crippen LogP contribution in [0.4, 0.5) is 0 Å². The van der Waals surface area contributed by atoms with Crippen LogP contribution in [-0.4, -0.2) is 71.7 Å². The van der Waals surface area contributed by atoms with Crippen LogP contribution >= 0.6 is 11.3 Å². The first-order valence-electron chi connectivity index (χ1n) is 9.21. The van der Waals surface area contributed by atoms with Crippen molar-refractivity contribution < 1.29 is 14.3 Å². The van der Waals surface area contributed by atoms with Crippen molar-refractivity contribution in [2.24, 2.45) is 5.41 Å². The van der Waals surface area contributed by atoms with Crippen LogP contribution in [0.5, 0.6) is 0 Å². The molecule has 0 bridgehead atoms. The smallest absolute Gasteiger partial charge is 0.312 e. The Hall–Kier alpha value is -2.19. The number of amides is 1. The van der Waals surface area contributed by atoms with Gasteiger partial charge in [0.2, 0.25) is 0 Å². The number of hydrogen-bond donors (Lipinski definition) is 1. The molecule has 2 aliphatic rings. The molecule has 0 aliphatic carbocycles. The van der Waals surface area contributed by atoms with Gasteiger partial charge in [0.15, 0.2) is 0 Å². The van der Waals surface area contributed by atoms with Crippen molar-refractivity contribution in [2.75, 3.05) is 33.7 Å². The van der Waals surface area contributed by atoms with Gasteiger partial charge in [-0.25, -0.2) is 0 Å². The van der Waals surface area contributed by atoms with Gasteiger partial charge >= 0.3 is 5.97 Å². The zero-order chi connectivity index (χ0) is 19.0. The van der Waals surface area contributed by atoms with E-state index in [1.54, 1.807) is 17.5 Å². The van der Waals surface area contributed by atoms with Crippen LogP contribution in [0, 0.1) is 5.41 Å². The van der Waals surface area contributed by atoms with Crippen molar-refractivity contribution in [3.8, 4) is 10.6 Å². The molecule has 1 N–H and O–H groups in total. The lowest BCUT2D eigenvalue weighted by molar-refractivity contribution is -0.150. The minimum absolute atomic E-state index is 0.0294. The molecule has 144 valence electrons. The Kier molecular flexibility index (Phi) is 4.77. The number of nitrogens with one attached hydrogen (secondary N) is 1. The summed E-state index contributed by atoms with van der Waals surface area (Å²) in [5.41, 5.74) is 0.930. The molecular weight excluding hydrogens is 364 g/mol. The largest absolute Gasteiger partial charge is 0.461 e. The Balaban J connectivity index is 1.44. The van der Waals surface area contributed by atoms with Gasteiger partial charge in [-0.05, 0) is 38.4 Å². The highest BCUT2D eigenvalue weighted by Gasteiger charge is 2.50. The second kappa shape index (κ2) is 7.09. The summed E-state index contributed by atoms with van der Waals surface area (Å²) in [5.74, 6) is -0.123. The SMILES string of the molecule is CN(C)CC1CC2(CCN(C(=O)c3cn[nH]c3-c3cccs3)CC2)C(=O)O1. The highest BCUT2D eigenvalue weighted by molar-refractivity contribution is 7.13. The number of esters is 1. The minimum atomic E-state index is -0.426. The van der Waals surface area contributed by atoms with Crippen LogP contribution < -0.4 is 0 Å². The molecule has 1 unspecified atom stereocenters. The number of cyclic esters (lactones) is 1. The fourth-order valence-electron chi connectivity index (χ4n) is 4.12. The first kappa shape index (κ1) is 18.2. The standard InChI is InChI=1S/C19H24N4O3S/c1-22(2)12-13-10-19(18(25)26-13)5-7-23(8-6-19)17(24)14-11-20-21-16(14)15-4-3-9-27-15/h3-4,9,11,13H,5-8,10,12H2,1-2H3,(H,20,21). The summed E-state index contributed by atoms with van der Waals surface area (Å²) in [5, 5.41) is 8.99. The predicted octanol–water partition coefficient (Wildman–Crippen LogP) is 2.24. The van der Waals surface area contributed by atoms with Gasteiger partial charge in [-0.1, -0.05) is 6.07 Å². The fourth-order valence-corrected chi connectivity index (χ4v) is 4.85. The molecule has 27 heavy (non-hydrogen) atoms. The van der Waals surface area contributed by atoms with Crippen LogP contribution in [0.1, 0.15) is 29.6 Å². The lowest BCUT2D eigenvalue weighted by atomic mass is 9.76. The molecule has 4 heterocycles. The van der Waals surface area contributed by atoms with Crippen LogP contribution in [0.25, 0.3) is 10.6 Å². The lowest BCUT2D eigenvalue weighted by Gasteiger charge is -2.36. The lowest BCUT2D eigenvalue weighted by Crippen LogP contribution is -2.45. The van der Waals surface area contributed by atoms with Crippen molar-refractivity contribution in [1.82, 2.24) is 20.0 Å².